The molecule has 0 spiro atoms. The van der Waals surface area contributed by atoms with E-state index in [0.717, 1.165) is 6.20 Å². The smallest absolute Gasteiger partial charge is 0.142 e. The summed E-state index contributed by atoms with van der Waals surface area (Å²) < 4.78 is 12.7. The van der Waals surface area contributed by atoms with E-state index in [0.29, 0.717) is 10.6 Å². The van der Waals surface area contributed by atoms with Crippen molar-refractivity contribution >= 4 is 23.0 Å². The van der Waals surface area contributed by atoms with Gasteiger partial charge >= 0.3 is 0 Å². The summed E-state index contributed by atoms with van der Waals surface area (Å²) in [5.74, 6) is -0.267. The van der Waals surface area contributed by atoms with Crippen molar-refractivity contribution in [1.29, 1.82) is 0 Å². The molecule has 1 aromatic heterocycles. The Labute approximate surface area is 80.5 Å². The second kappa shape index (κ2) is 4.04. The number of amidine groups is 1. The predicted octanol–water partition coefficient (Wildman–Crippen LogP) is 1.27. The van der Waals surface area contributed by atoms with Gasteiger partial charge in [0.1, 0.15) is 16.6 Å². The molecule has 13 heavy (non-hydrogen) atoms. The van der Waals surface area contributed by atoms with Crippen LogP contribution in [0.15, 0.2) is 23.5 Å². The van der Waals surface area contributed by atoms with Gasteiger partial charge in [-0.25, -0.2) is 9.38 Å². The number of halogens is 1. The zero-order valence-corrected chi connectivity index (χ0v) is 7.81. The van der Waals surface area contributed by atoms with Crippen molar-refractivity contribution < 1.29 is 4.39 Å². The summed E-state index contributed by atoms with van der Waals surface area (Å²) in [5.41, 5.74) is 5.96. The molecule has 0 unspecified atom stereocenters. The molecule has 0 bridgehead atoms. The minimum atomic E-state index is -0.447. The van der Waals surface area contributed by atoms with E-state index in [1.165, 1.54) is 12.3 Å². The Bertz CT molecular complexity index is 362. The summed E-state index contributed by atoms with van der Waals surface area (Å²) >= 11 is 4.72. The van der Waals surface area contributed by atoms with Crippen molar-refractivity contribution in [3.8, 4) is 0 Å². The Morgan fingerprint density at radius 3 is 2.85 bits per heavy atom. The third-order valence-electron chi connectivity index (χ3n) is 1.28. The largest absolute Gasteiger partial charge is 0.383 e. The van der Waals surface area contributed by atoms with Crippen LogP contribution in [0.25, 0.3) is 0 Å². The third-order valence-corrected chi connectivity index (χ3v) is 1.37. The van der Waals surface area contributed by atoms with Gasteiger partial charge in [-0.2, -0.15) is 0 Å². The number of hydrogen-bond donors (Lipinski definition) is 1. The highest BCUT2D eigenvalue weighted by Gasteiger charge is 2.00. The molecule has 0 aromatic carbocycles. The quantitative estimate of drug-likeness (QED) is 0.419. The molecule has 1 rings (SSSR count). The van der Waals surface area contributed by atoms with Crippen molar-refractivity contribution in [1.82, 2.24) is 4.98 Å². The second-order valence-electron chi connectivity index (χ2n) is 2.41. The molecule has 0 aliphatic rings. The van der Waals surface area contributed by atoms with Crippen LogP contribution in [0.1, 0.15) is 12.5 Å². The fourth-order valence-electron chi connectivity index (χ4n) is 0.786. The van der Waals surface area contributed by atoms with Crippen LogP contribution in [0, 0.1) is 5.82 Å². The Balaban J connectivity index is 3.02. The van der Waals surface area contributed by atoms with Crippen LogP contribution < -0.4 is 5.73 Å². The standard InChI is InChI=1S/C8H8FN3S/c1-5(13)12-8(10)6-2-7(9)4-11-3-6/h2-4H,1H3,(H2,10,12,13). The molecule has 68 valence electrons. The fourth-order valence-corrected chi connectivity index (χ4v) is 0.884. The first-order chi connectivity index (χ1) is 6.09. The molecule has 0 radical (unpaired) electrons. The maximum Gasteiger partial charge on any atom is 0.142 e. The molecule has 5 heteroatoms. The lowest BCUT2D eigenvalue weighted by atomic mass is 10.2. The van der Waals surface area contributed by atoms with Crippen LogP contribution in [0.4, 0.5) is 4.39 Å². The summed E-state index contributed by atoms with van der Waals surface area (Å²) in [6.07, 6.45) is 2.53. The van der Waals surface area contributed by atoms with Gasteiger partial charge in [0, 0.05) is 11.8 Å². The van der Waals surface area contributed by atoms with E-state index in [2.05, 4.69) is 9.98 Å². The Morgan fingerprint density at radius 1 is 1.62 bits per heavy atom. The van der Waals surface area contributed by atoms with Gasteiger partial charge in [0.15, 0.2) is 0 Å². The topological polar surface area (TPSA) is 51.3 Å². The van der Waals surface area contributed by atoms with Crippen molar-refractivity contribution in [3.63, 3.8) is 0 Å². The molecular weight excluding hydrogens is 189 g/mol. The Morgan fingerprint density at radius 2 is 2.31 bits per heavy atom. The van der Waals surface area contributed by atoms with E-state index >= 15 is 0 Å². The molecule has 0 aliphatic carbocycles. The lowest BCUT2D eigenvalue weighted by Crippen LogP contribution is -2.15. The number of aliphatic imine (C=N–C) groups is 1. The molecule has 0 atom stereocenters. The Hall–Kier alpha value is -1.36. The normalized spacial score (nSPS) is 11.4. The number of nitrogens with two attached hydrogens (primary N) is 1. The highest BCUT2D eigenvalue weighted by atomic mass is 32.1. The molecular formula is C8H8FN3S. The molecule has 0 amide bonds. The van der Waals surface area contributed by atoms with Crippen molar-refractivity contribution in [2.75, 3.05) is 0 Å². The van der Waals surface area contributed by atoms with Crippen molar-refractivity contribution in [2.45, 2.75) is 6.92 Å². The summed E-state index contributed by atoms with van der Waals surface area (Å²) in [4.78, 5) is 7.85. The lowest BCUT2D eigenvalue weighted by Gasteiger charge is -1.98. The highest BCUT2D eigenvalue weighted by molar-refractivity contribution is 7.80. The van der Waals surface area contributed by atoms with Gasteiger partial charge in [-0.1, -0.05) is 12.2 Å². The maximum absolute atomic E-state index is 12.7. The van der Waals surface area contributed by atoms with Crippen LogP contribution >= 0.6 is 12.2 Å². The van der Waals surface area contributed by atoms with E-state index in [-0.39, 0.29) is 5.84 Å². The SMILES string of the molecule is CC(=S)N=C(N)c1cncc(F)c1. The summed E-state index contributed by atoms with van der Waals surface area (Å²) in [6.45, 7) is 1.63. The van der Waals surface area contributed by atoms with Gasteiger partial charge < -0.3 is 5.73 Å². The average Bonchev–Trinajstić information content (AvgIpc) is 2.03. The van der Waals surface area contributed by atoms with Gasteiger partial charge in [-0.05, 0) is 13.0 Å². The zero-order chi connectivity index (χ0) is 9.84. The van der Waals surface area contributed by atoms with E-state index < -0.39 is 5.82 Å². The van der Waals surface area contributed by atoms with Gasteiger partial charge in [0.25, 0.3) is 0 Å². The van der Waals surface area contributed by atoms with Gasteiger partial charge in [-0.3, -0.25) is 4.98 Å². The van der Waals surface area contributed by atoms with Crippen LogP contribution in [-0.2, 0) is 0 Å². The molecule has 1 heterocycles. The van der Waals surface area contributed by atoms with Crippen LogP contribution in [-0.4, -0.2) is 15.8 Å². The van der Waals surface area contributed by atoms with Crippen LogP contribution in [0.3, 0.4) is 0 Å². The highest BCUT2D eigenvalue weighted by Crippen LogP contribution is 2.00. The van der Waals surface area contributed by atoms with Gasteiger partial charge in [0.2, 0.25) is 0 Å². The number of pyridine rings is 1. The second-order valence-corrected chi connectivity index (χ2v) is 3.00. The zero-order valence-electron chi connectivity index (χ0n) is 6.99. The molecule has 0 aliphatic heterocycles. The minimum Gasteiger partial charge on any atom is -0.383 e. The van der Waals surface area contributed by atoms with Crippen LogP contribution in [0.5, 0.6) is 0 Å². The summed E-state index contributed by atoms with van der Waals surface area (Å²) in [7, 11) is 0. The molecule has 3 nitrogen and oxygen atoms in total. The molecule has 0 saturated carbocycles. The molecule has 1 aromatic rings. The first-order valence-corrected chi connectivity index (χ1v) is 3.96. The number of aromatic nitrogens is 1. The van der Waals surface area contributed by atoms with E-state index in [9.17, 15) is 4.39 Å². The molecule has 0 saturated heterocycles. The number of nitrogens with zero attached hydrogens (tertiary/aromatic N) is 2. The summed E-state index contributed by atoms with van der Waals surface area (Å²) in [5, 5.41) is 0. The number of thiocarbonyl (C=S) groups is 1. The predicted molar refractivity (Wildman–Crippen MR) is 53.2 cm³/mol. The fraction of sp³-hybridized carbons (Fsp3) is 0.125. The van der Waals surface area contributed by atoms with E-state index in [1.54, 1.807) is 6.92 Å². The summed E-state index contributed by atoms with van der Waals surface area (Å²) in [6, 6.07) is 1.25. The van der Waals surface area contributed by atoms with Gasteiger partial charge in [0.05, 0.1) is 6.20 Å². The minimum absolute atomic E-state index is 0.180. The van der Waals surface area contributed by atoms with E-state index in [1.807, 2.05) is 0 Å². The monoisotopic (exact) mass is 197 g/mol. The van der Waals surface area contributed by atoms with Crippen LogP contribution in [0.2, 0.25) is 0 Å². The third kappa shape index (κ3) is 2.87. The molecule has 0 fully saturated rings. The van der Waals surface area contributed by atoms with E-state index in [4.69, 9.17) is 18.0 Å². The Kier molecular flexibility index (Phi) is 3.02. The first-order valence-electron chi connectivity index (χ1n) is 3.55. The first kappa shape index (κ1) is 9.73. The number of hydrogen-bond acceptors (Lipinski definition) is 2. The average molecular weight is 197 g/mol. The molecule has 2 N–H and O–H groups in total. The van der Waals surface area contributed by atoms with Crippen molar-refractivity contribution in [3.05, 3.63) is 29.8 Å². The van der Waals surface area contributed by atoms with Crippen molar-refractivity contribution in [2.24, 2.45) is 10.7 Å². The lowest BCUT2D eigenvalue weighted by molar-refractivity contribution is 0.621. The number of rotatable bonds is 1. The van der Waals surface area contributed by atoms with Gasteiger partial charge in [-0.15, -0.1) is 0 Å². The maximum atomic E-state index is 12.7.